The standard InChI is InChI=1S/C22H25NO5/c1-5-11-28-22(25)19-13(2)23-16-7-6-8-17(24)21(16)20(19)15-12-14(26-3)9-10-18(15)27-4/h5,9-10,12,20,23H,1,6-8,11H2,2-4H3. The van der Waals surface area contributed by atoms with Crippen molar-refractivity contribution in [2.24, 2.45) is 0 Å². The predicted octanol–water partition coefficient (Wildman–Crippen LogP) is 3.40. The van der Waals surface area contributed by atoms with Crippen molar-refractivity contribution >= 4 is 11.8 Å². The Labute approximate surface area is 164 Å². The molecule has 0 saturated heterocycles. The topological polar surface area (TPSA) is 73.9 Å². The van der Waals surface area contributed by atoms with Gasteiger partial charge in [-0.2, -0.15) is 0 Å². The Balaban J connectivity index is 2.21. The molecule has 0 spiro atoms. The van der Waals surface area contributed by atoms with E-state index in [1.807, 2.05) is 13.0 Å². The highest BCUT2D eigenvalue weighted by molar-refractivity contribution is 6.04. The normalized spacial score (nSPS) is 19.0. The van der Waals surface area contributed by atoms with Gasteiger partial charge in [0, 0.05) is 29.0 Å². The molecule has 2 aliphatic rings. The molecule has 0 fully saturated rings. The van der Waals surface area contributed by atoms with Gasteiger partial charge >= 0.3 is 5.97 Å². The summed E-state index contributed by atoms with van der Waals surface area (Å²) in [7, 11) is 3.14. The van der Waals surface area contributed by atoms with Gasteiger partial charge in [0.05, 0.1) is 25.7 Å². The van der Waals surface area contributed by atoms with E-state index in [4.69, 9.17) is 14.2 Å². The second-order valence-electron chi connectivity index (χ2n) is 6.76. The molecule has 0 bridgehead atoms. The lowest BCUT2D eigenvalue weighted by molar-refractivity contribution is -0.138. The molecule has 6 heteroatoms. The van der Waals surface area contributed by atoms with Crippen LogP contribution in [-0.2, 0) is 14.3 Å². The highest BCUT2D eigenvalue weighted by atomic mass is 16.5. The van der Waals surface area contributed by atoms with Crippen LogP contribution in [0.5, 0.6) is 11.5 Å². The number of Topliss-reactive ketones (excluding diaryl/α,β-unsaturated/α-hetero) is 1. The maximum absolute atomic E-state index is 12.9. The molecule has 0 aromatic heterocycles. The van der Waals surface area contributed by atoms with E-state index < -0.39 is 11.9 Å². The van der Waals surface area contributed by atoms with Gasteiger partial charge in [-0.1, -0.05) is 12.7 Å². The van der Waals surface area contributed by atoms with Crippen LogP contribution in [-0.4, -0.2) is 32.6 Å². The number of esters is 1. The second kappa shape index (κ2) is 8.33. The van der Waals surface area contributed by atoms with Crippen molar-refractivity contribution < 1.29 is 23.8 Å². The van der Waals surface area contributed by atoms with E-state index in [9.17, 15) is 9.59 Å². The minimum Gasteiger partial charge on any atom is -0.497 e. The van der Waals surface area contributed by atoms with Gasteiger partial charge in [-0.15, -0.1) is 0 Å². The highest BCUT2D eigenvalue weighted by Gasteiger charge is 2.40. The van der Waals surface area contributed by atoms with Gasteiger partial charge in [0.15, 0.2) is 5.78 Å². The summed E-state index contributed by atoms with van der Waals surface area (Å²) in [5.41, 5.74) is 3.26. The van der Waals surface area contributed by atoms with Crippen molar-refractivity contribution in [1.82, 2.24) is 5.32 Å². The fourth-order valence-electron chi connectivity index (χ4n) is 3.84. The molecule has 1 aromatic carbocycles. The van der Waals surface area contributed by atoms with Gasteiger partial charge in [0.2, 0.25) is 0 Å². The second-order valence-corrected chi connectivity index (χ2v) is 6.76. The number of rotatable bonds is 6. The molecule has 1 aliphatic heterocycles. The van der Waals surface area contributed by atoms with Crippen molar-refractivity contribution in [2.45, 2.75) is 32.1 Å². The summed E-state index contributed by atoms with van der Waals surface area (Å²) in [4.78, 5) is 25.8. The molecular formula is C22H25NO5. The third kappa shape index (κ3) is 3.54. The Kier molecular flexibility index (Phi) is 5.87. The summed E-state index contributed by atoms with van der Waals surface area (Å²) < 4.78 is 16.3. The van der Waals surface area contributed by atoms with Gasteiger partial charge in [0.1, 0.15) is 18.1 Å². The lowest BCUT2D eigenvalue weighted by Gasteiger charge is -2.34. The number of benzene rings is 1. The zero-order valence-corrected chi connectivity index (χ0v) is 16.5. The third-order valence-corrected chi connectivity index (χ3v) is 5.08. The Morgan fingerprint density at radius 2 is 2.07 bits per heavy atom. The maximum atomic E-state index is 12.9. The summed E-state index contributed by atoms with van der Waals surface area (Å²) >= 11 is 0. The SMILES string of the molecule is C=CCOC(=O)C1=C(C)NC2=C(C(=O)CCC2)C1c1cc(OC)ccc1OC. The molecule has 6 nitrogen and oxygen atoms in total. The van der Waals surface area contributed by atoms with E-state index in [0.717, 1.165) is 18.5 Å². The zero-order valence-electron chi connectivity index (χ0n) is 16.5. The minimum atomic E-state index is -0.577. The molecule has 148 valence electrons. The lowest BCUT2D eigenvalue weighted by Crippen LogP contribution is -2.34. The van der Waals surface area contributed by atoms with Crippen LogP contribution in [0.15, 0.2) is 53.4 Å². The van der Waals surface area contributed by atoms with Gasteiger partial charge in [0.25, 0.3) is 0 Å². The number of ether oxygens (including phenoxy) is 3. The van der Waals surface area contributed by atoms with Crippen molar-refractivity contribution in [1.29, 1.82) is 0 Å². The summed E-state index contributed by atoms with van der Waals surface area (Å²) in [5, 5.41) is 3.26. The van der Waals surface area contributed by atoms with E-state index in [-0.39, 0.29) is 12.4 Å². The average molecular weight is 383 g/mol. The Morgan fingerprint density at radius 1 is 1.29 bits per heavy atom. The number of allylic oxidation sites excluding steroid dienone is 3. The number of dihydropyridines is 1. The van der Waals surface area contributed by atoms with Crippen LogP contribution in [0.4, 0.5) is 0 Å². The van der Waals surface area contributed by atoms with Crippen molar-refractivity contribution in [2.75, 3.05) is 20.8 Å². The fourth-order valence-corrected chi connectivity index (χ4v) is 3.84. The minimum absolute atomic E-state index is 0.0325. The van der Waals surface area contributed by atoms with Crippen LogP contribution in [0.3, 0.4) is 0 Å². The number of carbonyl (C=O) groups excluding carboxylic acids is 2. The van der Waals surface area contributed by atoms with Crippen molar-refractivity contribution in [3.63, 3.8) is 0 Å². The number of methoxy groups -OCH3 is 2. The molecule has 1 heterocycles. The predicted molar refractivity (Wildman–Crippen MR) is 105 cm³/mol. The van der Waals surface area contributed by atoms with E-state index in [1.165, 1.54) is 6.08 Å². The number of hydrogen-bond donors (Lipinski definition) is 1. The fraction of sp³-hybridized carbons (Fsp3) is 0.364. The Hall–Kier alpha value is -3.02. The van der Waals surface area contributed by atoms with E-state index in [2.05, 4.69) is 11.9 Å². The first-order valence-electron chi connectivity index (χ1n) is 9.25. The zero-order chi connectivity index (χ0) is 20.3. The van der Waals surface area contributed by atoms with E-state index in [1.54, 1.807) is 26.4 Å². The maximum Gasteiger partial charge on any atom is 0.337 e. The smallest absolute Gasteiger partial charge is 0.337 e. The van der Waals surface area contributed by atoms with Crippen LogP contribution in [0.25, 0.3) is 0 Å². The number of ketones is 1. The van der Waals surface area contributed by atoms with Crippen molar-refractivity contribution in [3.8, 4) is 11.5 Å². The first-order valence-corrected chi connectivity index (χ1v) is 9.25. The first-order chi connectivity index (χ1) is 13.5. The first kappa shape index (κ1) is 19.7. The summed E-state index contributed by atoms with van der Waals surface area (Å²) in [6, 6.07) is 5.38. The molecule has 0 saturated carbocycles. The van der Waals surface area contributed by atoms with Gasteiger partial charge in [-0.25, -0.2) is 4.79 Å². The molecule has 1 N–H and O–H groups in total. The molecule has 3 rings (SSSR count). The largest absolute Gasteiger partial charge is 0.497 e. The van der Waals surface area contributed by atoms with Crippen LogP contribution >= 0.6 is 0 Å². The van der Waals surface area contributed by atoms with Crippen LogP contribution < -0.4 is 14.8 Å². The quantitative estimate of drug-likeness (QED) is 0.600. The number of carbonyl (C=O) groups is 2. The molecule has 0 amide bonds. The molecule has 1 atom stereocenters. The molecular weight excluding hydrogens is 358 g/mol. The molecule has 1 unspecified atom stereocenters. The van der Waals surface area contributed by atoms with Gasteiger partial charge in [-0.3, -0.25) is 4.79 Å². The van der Waals surface area contributed by atoms with E-state index >= 15 is 0 Å². The summed E-state index contributed by atoms with van der Waals surface area (Å²) in [5.74, 6) is 0.178. The van der Waals surface area contributed by atoms with Crippen LogP contribution in [0.1, 0.15) is 37.7 Å². The molecule has 0 radical (unpaired) electrons. The van der Waals surface area contributed by atoms with Crippen LogP contribution in [0, 0.1) is 0 Å². The molecule has 1 aromatic rings. The van der Waals surface area contributed by atoms with Crippen molar-refractivity contribution in [3.05, 3.63) is 59.0 Å². The lowest BCUT2D eigenvalue weighted by atomic mass is 9.75. The molecule has 1 aliphatic carbocycles. The molecule has 28 heavy (non-hydrogen) atoms. The van der Waals surface area contributed by atoms with Crippen LogP contribution in [0.2, 0.25) is 0 Å². The highest BCUT2D eigenvalue weighted by Crippen LogP contribution is 2.46. The third-order valence-electron chi connectivity index (χ3n) is 5.08. The monoisotopic (exact) mass is 383 g/mol. The average Bonchev–Trinajstić information content (AvgIpc) is 2.70. The Bertz CT molecular complexity index is 881. The summed E-state index contributed by atoms with van der Waals surface area (Å²) in [6.45, 7) is 5.51. The Morgan fingerprint density at radius 3 is 2.75 bits per heavy atom. The van der Waals surface area contributed by atoms with Gasteiger partial charge < -0.3 is 19.5 Å². The van der Waals surface area contributed by atoms with E-state index in [0.29, 0.717) is 40.3 Å². The number of hydrogen-bond acceptors (Lipinski definition) is 6. The summed E-state index contributed by atoms with van der Waals surface area (Å²) in [6.07, 6.45) is 3.52. The number of nitrogens with one attached hydrogen (secondary N) is 1. The van der Waals surface area contributed by atoms with Gasteiger partial charge in [-0.05, 0) is 38.0 Å².